The van der Waals surface area contributed by atoms with Crippen molar-refractivity contribution in [1.82, 2.24) is 14.8 Å². The summed E-state index contributed by atoms with van der Waals surface area (Å²) in [6.07, 6.45) is 2.16. The van der Waals surface area contributed by atoms with E-state index in [1.165, 1.54) is 18.4 Å². The Balaban J connectivity index is 1.62. The number of carbonyl (C=O) groups is 1. The fourth-order valence-electron chi connectivity index (χ4n) is 2.78. The molecule has 3 rings (SSSR count). The highest BCUT2D eigenvalue weighted by molar-refractivity contribution is 5.92. The number of oxazole rings is 1. The van der Waals surface area contributed by atoms with E-state index in [0.717, 1.165) is 25.6 Å². The van der Waals surface area contributed by atoms with Gasteiger partial charge in [-0.25, -0.2) is 9.37 Å². The van der Waals surface area contributed by atoms with Gasteiger partial charge in [0.2, 0.25) is 11.7 Å². The number of rotatable bonds is 5. The molecule has 0 aliphatic carbocycles. The van der Waals surface area contributed by atoms with Gasteiger partial charge in [0.15, 0.2) is 23.9 Å². The van der Waals surface area contributed by atoms with Gasteiger partial charge in [0.05, 0.1) is 0 Å². The van der Waals surface area contributed by atoms with E-state index in [-0.39, 0.29) is 35.9 Å². The van der Waals surface area contributed by atoms with Gasteiger partial charge in [-0.15, -0.1) is 0 Å². The molecule has 1 saturated heterocycles. The predicted molar refractivity (Wildman–Crippen MR) is 85.2 cm³/mol. The lowest BCUT2D eigenvalue weighted by Crippen LogP contribution is -2.38. The van der Waals surface area contributed by atoms with Gasteiger partial charge in [-0.2, -0.15) is 4.39 Å². The molecule has 1 fully saturated rings. The molecular formula is C17H19F2N3O3. The van der Waals surface area contributed by atoms with Crippen LogP contribution in [0.25, 0.3) is 0 Å². The Morgan fingerprint density at radius 2 is 2.28 bits per heavy atom. The number of likely N-dealkylation sites (tertiary alicyclic amines) is 1. The van der Waals surface area contributed by atoms with Crippen molar-refractivity contribution >= 4 is 5.91 Å². The molecule has 1 amide bonds. The number of amides is 1. The van der Waals surface area contributed by atoms with Gasteiger partial charge in [-0.1, -0.05) is 6.07 Å². The van der Waals surface area contributed by atoms with Crippen LogP contribution in [0, 0.1) is 11.6 Å². The quantitative estimate of drug-likeness (QED) is 0.827. The number of hydrogen-bond donors (Lipinski definition) is 0. The van der Waals surface area contributed by atoms with E-state index >= 15 is 0 Å². The summed E-state index contributed by atoms with van der Waals surface area (Å²) in [4.78, 5) is 20.3. The summed E-state index contributed by atoms with van der Waals surface area (Å²) < 4.78 is 37.0. The number of ether oxygens (including phenoxy) is 1. The number of benzene rings is 1. The highest BCUT2D eigenvalue weighted by Crippen LogP contribution is 2.20. The fraction of sp³-hybridized carbons (Fsp3) is 0.412. The predicted octanol–water partition coefficient (Wildman–Crippen LogP) is 2.31. The van der Waals surface area contributed by atoms with Crippen molar-refractivity contribution in [2.24, 2.45) is 0 Å². The first-order valence-electron chi connectivity index (χ1n) is 7.92. The topological polar surface area (TPSA) is 58.8 Å². The summed E-state index contributed by atoms with van der Waals surface area (Å²) in [6.45, 7) is 1.55. The first-order valence-corrected chi connectivity index (χ1v) is 7.92. The number of likely N-dealkylation sites (N-methyl/N-ethyl adjacent to an activating group) is 2. The highest BCUT2D eigenvalue weighted by Gasteiger charge is 2.28. The average Bonchev–Trinajstić information content (AvgIpc) is 3.24. The first-order chi connectivity index (χ1) is 12.0. The Bertz CT molecular complexity index is 765. The monoisotopic (exact) mass is 351 g/mol. The molecule has 1 atom stereocenters. The SMILES string of the molecule is CN1CC[C@@H](N(C)C(=O)c2coc(COc3cccc(F)c3F)n2)C1. The molecular weight excluding hydrogens is 332 g/mol. The van der Waals surface area contributed by atoms with Crippen molar-refractivity contribution in [3.63, 3.8) is 0 Å². The molecule has 2 heterocycles. The largest absolute Gasteiger partial charge is 0.481 e. The van der Waals surface area contributed by atoms with Crippen LogP contribution in [0.15, 0.2) is 28.9 Å². The number of hydrogen-bond acceptors (Lipinski definition) is 5. The Morgan fingerprint density at radius 1 is 1.48 bits per heavy atom. The summed E-state index contributed by atoms with van der Waals surface area (Å²) in [5.41, 5.74) is 0.162. The second-order valence-electron chi connectivity index (χ2n) is 6.09. The molecule has 8 heteroatoms. The zero-order chi connectivity index (χ0) is 18.0. The van der Waals surface area contributed by atoms with Crippen LogP contribution in [0.4, 0.5) is 8.78 Å². The van der Waals surface area contributed by atoms with Gasteiger partial charge in [-0.05, 0) is 32.1 Å². The second kappa shape index (κ2) is 7.18. The number of carbonyl (C=O) groups excluding carboxylic acids is 1. The van der Waals surface area contributed by atoms with Crippen LogP contribution in [-0.2, 0) is 6.61 Å². The van der Waals surface area contributed by atoms with Crippen LogP contribution >= 0.6 is 0 Å². The summed E-state index contributed by atoms with van der Waals surface area (Å²) >= 11 is 0. The maximum Gasteiger partial charge on any atom is 0.275 e. The molecule has 0 radical (unpaired) electrons. The Labute approximate surface area is 144 Å². The van der Waals surface area contributed by atoms with Gasteiger partial charge in [0.25, 0.3) is 5.91 Å². The smallest absolute Gasteiger partial charge is 0.275 e. The molecule has 0 unspecified atom stereocenters. The molecule has 2 aromatic rings. The molecule has 1 aromatic carbocycles. The maximum atomic E-state index is 13.5. The van der Waals surface area contributed by atoms with E-state index in [2.05, 4.69) is 9.88 Å². The molecule has 6 nitrogen and oxygen atoms in total. The van der Waals surface area contributed by atoms with Crippen molar-refractivity contribution in [1.29, 1.82) is 0 Å². The molecule has 0 N–H and O–H groups in total. The van der Waals surface area contributed by atoms with Crippen LogP contribution < -0.4 is 4.74 Å². The molecule has 0 saturated carbocycles. The first kappa shape index (κ1) is 17.3. The van der Waals surface area contributed by atoms with Crippen molar-refractivity contribution in [3.8, 4) is 5.75 Å². The van der Waals surface area contributed by atoms with Crippen LogP contribution in [0.2, 0.25) is 0 Å². The Kier molecular flexibility index (Phi) is 4.98. The van der Waals surface area contributed by atoms with Crippen molar-refractivity contribution < 1.29 is 22.7 Å². The lowest BCUT2D eigenvalue weighted by atomic mass is 10.2. The third kappa shape index (κ3) is 3.79. The summed E-state index contributed by atoms with van der Waals surface area (Å²) in [7, 11) is 3.74. The maximum absolute atomic E-state index is 13.5. The van der Waals surface area contributed by atoms with E-state index in [1.54, 1.807) is 11.9 Å². The number of halogens is 2. The zero-order valence-corrected chi connectivity index (χ0v) is 14.0. The van der Waals surface area contributed by atoms with E-state index in [0.29, 0.717) is 0 Å². The molecule has 1 aromatic heterocycles. The zero-order valence-electron chi connectivity index (χ0n) is 14.0. The minimum Gasteiger partial charge on any atom is -0.481 e. The third-order valence-electron chi connectivity index (χ3n) is 4.27. The minimum atomic E-state index is -1.07. The van der Waals surface area contributed by atoms with E-state index in [4.69, 9.17) is 9.15 Å². The van der Waals surface area contributed by atoms with Gasteiger partial charge in [-0.3, -0.25) is 4.79 Å². The van der Waals surface area contributed by atoms with Crippen LogP contribution in [0.1, 0.15) is 22.8 Å². The highest BCUT2D eigenvalue weighted by atomic mass is 19.2. The van der Waals surface area contributed by atoms with Gasteiger partial charge >= 0.3 is 0 Å². The van der Waals surface area contributed by atoms with Crippen molar-refractivity contribution in [2.45, 2.75) is 19.1 Å². The molecule has 25 heavy (non-hydrogen) atoms. The average molecular weight is 351 g/mol. The normalized spacial score (nSPS) is 17.7. The number of aromatic nitrogens is 1. The minimum absolute atomic E-state index is 0.115. The molecule has 0 spiro atoms. The lowest BCUT2D eigenvalue weighted by molar-refractivity contribution is 0.0731. The third-order valence-corrected chi connectivity index (χ3v) is 4.27. The van der Waals surface area contributed by atoms with Gasteiger partial charge in [0, 0.05) is 19.6 Å². The summed E-state index contributed by atoms with van der Waals surface area (Å²) in [6, 6.07) is 3.78. The van der Waals surface area contributed by atoms with E-state index < -0.39 is 11.6 Å². The molecule has 1 aliphatic rings. The Hall–Kier alpha value is -2.48. The number of nitrogens with zero attached hydrogens (tertiary/aromatic N) is 3. The lowest BCUT2D eigenvalue weighted by Gasteiger charge is -2.23. The fourth-order valence-corrected chi connectivity index (χ4v) is 2.78. The molecule has 134 valence electrons. The second-order valence-corrected chi connectivity index (χ2v) is 6.09. The van der Waals surface area contributed by atoms with Crippen molar-refractivity contribution in [2.75, 3.05) is 27.2 Å². The summed E-state index contributed by atoms with van der Waals surface area (Å²) in [5, 5.41) is 0. The standard InChI is InChI=1S/C17H19F2N3O3/c1-21-7-6-11(8-21)22(2)17(23)13-9-25-15(20-13)10-24-14-5-3-4-12(18)16(14)19/h3-5,9,11H,6-8,10H2,1-2H3/t11-/m1/s1. The Morgan fingerprint density at radius 3 is 3.00 bits per heavy atom. The van der Waals surface area contributed by atoms with Crippen LogP contribution in [0.3, 0.4) is 0 Å². The van der Waals surface area contributed by atoms with Crippen LogP contribution in [-0.4, -0.2) is 53.9 Å². The van der Waals surface area contributed by atoms with E-state index in [9.17, 15) is 13.6 Å². The van der Waals surface area contributed by atoms with Crippen LogP contribution in [0.5, 0.6) is 5.75 Å². The van der Waals surface area contributed by atoms with Gasteiger partial charge < -0.3 is 19.0 Å². The van der Waals surface area contributed by atoms with Crippen molar-refractivity contribution in [3.05, 3.63) is 47.7 Å². The van der Waals surface area contributed by atoms with Gasteiger partial charge in [0.1, 0.15) is 6.26 Å². The molecule has 0 bridgehead atoms. The summed E-state index contributed by atoms with van der Waals surface area (Å²) in [5.74, 6) is -2.44. The molecule has 1 aliphatic heterocycles. The van der Waals surface area contributed by atoms with E-state index in [1.807, 2.05) is 7.05 Å².